The number of nitrogens with zero attached hydrogens (tertiary/aromatic N) is 3. The zero-order chi connectivity index (χ0) is 49.8. The summed E-state index contributed by atoms with van der Waals surface area (Å²) in [4.78, 5) is 4.40. The third-order valence-electron chi connectivity index (χ3n) is 14.3. The van der Waals surface area contributed by atoms with Crippen LogP contribution in [0.1, 0.15) is 38.5 Å². The van der Waals surface area contributed by atoms with Crippen LogP contribution in [0.2, 0.25) is 0 Å². The minimum absolute atomic E-state index is 0.0733. The van der Waals surface area contributed by atoms with Crippen LogP contribution < -0.4 is 28.7 Å². The third-order valence-corrected chi connectivity index (χ3v) is 15.7. The van der Waals surface area contributed by atoms with Crippen molar-refractivity contribution in [3.05, 3.63) is 182 Å². The lowest BCUT2D eigenvalue weighted by Crippen LogP contribution is -2.32. The number of hydrogen-bond acceptors (Lipinski definition) is 8. The molecule has 0 saturated heterocycles. The zero-order valence-corrected chi connectivity index (χ0v) is 41.9. The second-order valence-electron chi connectivity index (χ2n) is 18.4. The van der Waals surface area contributed by atoms with Crippen LogP contribution in [0.15, 0.2) is 182 Å². The van der Waals surface area contributed by atoms with E-state index < -0.39 is 15.4 Å². The lowest BCUT2D eigenvalue weighted by molar-refractivity contribution is 0.314. The van der Waals surface area contributed by atoms with Crippen LogP contribution in [-0.2, 0) is 16.7 Å². The number of hydrogen-bond donors (Lipinski definition) is 1. The van der Waals surface area contributed by atoms with Gasteiger partial charge in [-0.2, -0.15) is 8.42 Å². The Balaban J connectivity index is 1.03. The summed E-state index contributed by atoms with van der Waals surface area (Å²) in [7, 11) is 2.38. The van der Waals surface area contributed by atoms with E-state index in [0.717, 1.165) is 133 Å². The molecule has 9 aromatic rings. The highest BCUT2D eigenvalue weighted by molar-refractivity contribution is 7.86. The van der Waals surface area contributed by atoms with E-state index in [1.807, 2.05) is 97.1 Å². The van der Waals surface area contributed by atoms with E-state index in [0.29, 0.717) is 13.0 Å². The van der Waals surface area contributed by atoms with Gasteiger partial charge in [-0.1, -0.05) is 67.8 Å². The molecule has 0 amide bonds. The van der Waals surface area contributed by atoms with Gasteiger partial charge in [0.1, 0.15) is 23.0 Å². The largest absolute Gasteiger partial charge is 0.497 e. The van der Waals surface area contributed by atoms with E-state index in [-0.39, 0.29) is 5.92 Å². The number of methoxy groups -OCH3 is 4. The molecule has 1 fully saturated rings. The smallest absolute Gasteiger partial charge is 0.268 e. The maximum Gasteiger partial charge on any atom is 0.268 e. The van der Waals surface area contributed by atoms with Crippen molar-refractivity contribution in [2.45, 2.75) is 50.3 Å². The molecule has 1 saturated carbocycles. The van der Waals surface area contributed by atoms with Gasteiger partial charge >= 0.3 is 0 Å². The summed E-state index contributed by atoms with van der Waals surface area (Å²) in [5.41, 5.74) is 12.1. The van der Waals surface area contributed by atoms with Crippen molar-refractivity contribution in [3.8, 4) is 45.3 Å². The van der Waals surface area contributed by atoms with Crippen LogP contribution in [0.25, 0.3) is 44.1 Å². The average molecular weight is 978 g/mol. The Morgan fingerprint density at radius 3 is 1.07 bits per heavy atom. The molecule has 0 spiro atoms. The van der Waals surface area contributed by atoms with Crippen molar-refractivity contribution in [3.63, 3.8) is 0 Å². The Morgan fingerprint density at radius 1 is 0.458 bits per heavy atom. The fourth-order valence-electron chi connectivity index (χ4n) is 10.5. The SMILES string of the molecule is COc1ccc(N(c2ccc(OC)cc2)c2ccc(-c3ccc4c5ccc(-c6ccc(N(c7ccc(OC)cc7)c7ccc(OC)cc7)cc6)cc5n(CCC(C5CCCCC5)S(=O)(=O)O)c4c3)cc2)cc1. The first-order chi connectivity index (χ1) is 35.1. The number of rotatable bonds is 17. The van der Waals surface area contributed by atoms with Gasteiger partial charge in [-0.3, -0.25) is 4.55 Å². The molecule has 366 valence electrons. The van der Waals surface area contributed by atoms with Crippen LogP contribution in [-0.4, -0.2) is 51.2 Å². The zero-order valence-electron chi connectivity index (χ0n) is 41.1. The molecule has 1 aliphatic rings. The predicted octanol–water partition coefficient (Wildman–Crippen LogP) is 15.3. The van der Waals surface area contributed by atoms with Gasteiger partial charge in [0.05, 0.1) is 33.7 Å². The molecule has 1 unspecified atom stereocenters. The van der Waals surface area contributed by atoms with Gasteiger partial charge in [0, 0.05) is 62.5 Å². The van der Waals surface area contributed by atoms with Gasteiger partial charge in [-0.05, 0) is 181 Å². The molecule has 10 nitrogen and oxygen atoms in total. The van der Waals surface area contributed by atoms with E-state index in [1.165, 1.54) is 0 Å². The first-order valence-corrected chi connectivity index (χ1v) is 26.0. The van der Waals surface area contributed by atoms with Crippen molar-refractivity contribution in [2.75, 3.05) is 38.2 Å². The molecule has 10 rings (SSSR count). The van der Waals surface area contributed by atoms with E-state index >= 15 is 0 Å². The minimum atomic E-state index is -4.29. The summed E-state index contributed by atoms with van der Waals surface area (Å²) >= 11 is 0. The van der Waals surface area contributed by atoms with Gasteiger partial charge in [0.25, 0.3) is 10.1 Å². The molecule has 8 aromatic carbocycles. The summed E-state index contributed by atoms with van der Waals surface area (Å²) in [6.07, 6.45) is 4.97. The molecular formula is C61H59N3O7S. The molecule has 72 heavy (non-hydrogen) atoms. The maximum absolute atomic E-state index is 13.1. The predicted molar refractivity (Wildman–Crippen MR) is 292 cm³/mol. The molecular weight excluding hydrogens is 919 g/mol. The number of ether oxygens (including phenoxy) is 4. The van der Waals surface area contributed by atoms with Crippen LogP contribution in [0.3, 0.4) is 0 Å². The van der Waals surface area contributed by atoms with Gasteiger partial charge < -0.3 is 33.3 Å². The Bertz CT molecular complexity index is 3090. The lowest BCUT2D eigenvalue weighted by Gasteiger charge is -2.28. The lowest BCUT2D eigenvalue weighted by atomic mass is 9.85. The molecule has 1 heterocycles. The second-order valence-corrected chi connectivity index (χ2v) is 20.0. The summed E-state index contributed by atoms with van der Waals surface area (Å²) in [5, 5.41) is 1.32. The minimum Gasteiger partial charge on any atom is -0.497 e. The summed E-state index contributed by atoms with van der Waals surface area (Å²) in [6.45, 7) is 0.420. The summed E-state index contributed by atoms with van der Waals surface area (Å²) in [6, 6.07) is 62.3. The van der Waals surface area contributed by atoms with Crippen molar-refractivity contribution in [1.82, 2.24) is 4.57 Å². The first kappa shape index (κ1) is 47.9. The Labute approximate surface area is 422 Å². The molecule has 0 bridgehead atoms. The van der Waals surface area contributed by atoms with Gasteiger partial charge in [0.2, 0.25) is 0 Å². The molecule has 1 atom stereocenters. The number of benzene rings is 8. The third kappa shape index (κ3) is 9.95. The monoisotopic (exact) mass is 977 g/mol. The highest BCUT2D eigenvalue weighted by Gasteiger charge is 2.33. The van der Waals surface area contributed by atoms with Gasteiger partial charge in [0.15, 0.2) is 0 Å². The van der Waals surface area contributed by atoms with E-state index in [1.54, 1.807) is 28.4 Å². The van der Waals surface area contributed by atoms with Crippen molar-refractivity contribution < 1.29 is 31.9 Å². The van der Waals surface area contributed by atoms with Crippen LogP contribution in [0.4, 0.5) is 34.1 Å². The van der Waals surface area contributed by atoms with E-state index in [2.05, 4.69) is 99.3 Å². The molecule has 1 aliphatic carbocycles. The first-order valence-electron chi connectivity index (χ1n) is 24.5. The Morgan fingerprint density at radius 2 is 0.764 bits per heavy atom. The second kappa shape index (κ2) is 20.9. The van der Waals surface area contributed by atoms with E-state index in [4.69, 9.17) is 18.9 Å². The van der Waals surface area contributed by atoms with Crippen LogP contribution in [0, 0.1) is 5.92 Å². The van der Waals surface area contributed by atoms with Crippen LogP contribution in [0.5, 0.6) is 23.0 Å². The van der Waals surface area contributed by atoms with Crippen molar-refractivity contribution >= 4 is 66.0 Å². The number of fused-ring (bicyclic) bond motifs is 3. The van der Waals surface area contributed by atoms with Crippen molar-refractivity contribution in [2.24, 2.45) is 5.92 Å². The molecule has 1 N–H and O–H groups in total. The van der Waals surface area contributed by atoms with Crippen molar-refractivity contribution in [1.29, 1.82) is 0 Å². The Hall–Kier alpha value is -7.73. The van der Waals surface area contributed by atoms with E-state index in [9.17, 15) is 13.0 Å². The molecule has 0 radical (unpaired) electrons. The summed E-state index contributed by atoms with van der Waals surface area (Å²) < 4.78 is 61.2. The topological polar surface area (TPSA) is 103 Å². The number of anilines is 6. The highest BCUT2D eigenvalue weighted by atomic mass is 32.2. The van der Waals surface area contributed by atoms with Gasteiger partial charge in [-0.25, -0.2) is 0 Å². The summed E-state index contributed by atoms with van der Waals surface area (Å²) in [5.74, 6) is 3.05. The average Bonchev–Trinajstić information content (AvgIpc) is 3.74. The number of aromatic nitrogens is 1. The van der Waals surface area contributed by atoms with Gasteiger partial charge in [-0.15, -0.1) is 0 Å². The molecule has 0 aliphatic heterocycles. The normalized spacial score (nSPS) is 13.5. The fourth-order valence-corrected chi connectivity index (χ4v) is 11.7. The quantitative estimate of drug-likeness (QED) is 0.0894. The van der Waals surface area contributed by atoms with Crippen LogP contribution >= 0.6 is 0 Å². The highest BCUT2D eigenvalue weighted by Crippen LogP contribution is 2.42. The molecule has 11 heteroatoms. The molecule has 1 aromatic heterocycles. The standard InChI is InChI=1S/C61H59N3O7S/c1-68-53-28-20-49(21-29-53)63(50-22-30-54(69-2)31-23-50)47-16-10-42(11-17-47)45-14-36-57-58-37-15-46(41-60(58)62(59(57)40-45)39-38-61(72(65,66)67)44-8-6-5-7-9-44)43-12-18-48(19-13-43)64(51-24-32-55(70-3)33-25-51)52-26-34-56(71-4)35-27-52/h10-37,40-41,44,61H,5-9,38-39H2,1-4H3,(H,65,66,67). The maximum atomic E-state index is 13.1. The Kier molecular flexibility index (Phi) is 13.9. The fraction of sp³-hybridized carbons (Fsp3) is 0.213. The number of aryl methyl sites for hydroxylation is 1.